The third-order valence-corrected chi connectivity index (χ3v) is 5.88. The summed E-state index contributed by atoms with van der Waals surface area (Å²) in [6.07, 6.45) is 2.14. The zero-order chi connectivity index (χ0) is 18.6. The zero-order valence-electron chi connectivity index (χ0n) is 14.8. The van der Waals surface area contributed by atoms with E-state index in [2.05, 4.69) is 10.0 Å². The van der Waals surface area contributed by atoms with Crippen LogP contribution in [0.25, 0.3) is 0 Å². The molecule has 1 saturated carbocycles. The lowest BCUT2D eigenvalue weighted by atomic mass is 10.1. The number of nitrogens with one attached hydrogen (secondary N) is 2. The highest BCUT2D eigenvalue weighted by molar-refractivity contribution is 7.89. The topological polar surface area (TPSA) is 101 Å². The summed E-state index contributed by atoms with van der Waals surface area (Å²) in [7, 11) is -3.71. The van der Waals surface area contributed by atoms with Gasteiger partial charge in [-0.1, -0.05) is 36.4 Å². The molecule has 0 aromatic heterocycles. The van der Waals surface area contributed by atoms with Crippen molar-refractivity contribution >= 4 is 28.3 Å². The molecule has 4 N–H and O–H groups in total. The van der Waals surface area contributed by atoms with E-state index in [0.29, 0.717) is 18.0 Å². The molecule has 1 aliphatic rings. The number of carbonyl (C=O) groups is 1. The van der Waals surface area contributed by atoms with Gasteiger partial charge in [-0.2, -0.15) is 0 Å². The number of sulfonamides is 1. The van der Waals surface area contributed by atoms with Crippen LogP contribution in [0.2, 0.25) is 0 Å². The molecule has 0 saturated heterocycles. The van der Waals surface area contributed by atoms with Crippen LogP contribution in [0.15, 0.2) is 59.5 Å². The van der Waals surface area contributed by atoms with E-state index >= 15 is 0 Å². The molecule has 2 aromatic rings. The molecule has 0 heterocycles. The molecule has 146 valence electrons. The van der Waals surface area contributed by atoms with Crippen molar-refractivity contribution in [2.75, 3.05) is 6.54 Å². The van der Waals surface area contributed by atoms with Gasteiger partial charge in [0.15, 0.2) is 0 Å². The van der Waals surface area contributed by atoms with Gasteiger partial charge in [0, 0.05) is 24.7 Å². The van der Waals surface area contributed by atoms with Gasteiger partial charge in [0.25, 0.3) is 5.91 Å². The minimum Gasteiger partial charge on any atom is -0.348 e. The molecule has 1 atom stereocenters. The fraction of sp³-hybridized carbons (Fsp3) is 0.316. The molecule has 1 amide bonds. The third kappa shape index (κ3) is 5.77. The van der Waals surface area contributed by atoms with Crippen LogP contribution in [0.1, 0.15) is 28.8 Å². The number of hydrogen-bond acceptors (Lipinski definition) is 4. The van der Waals surface area contributed by atoms with Gasteiger partial charge in [0.1, 0.15) is 0 Å². The van der Waals surface area contributed by atoms with Crippen molar-refractivity contribution in [3.63, 3.8) is 0 Å². The quantitative estimate of drug-likeness (QED) is 0.621. The molecule has 3 rings (SSSR count). The highest BCUT2D eigenvalue weighted by Crippen LogP contribution is 2.32. The summed E-state index contributed by atoms with van der Waals surface area (Å²) >= 11 is 0. The van der Waals surface area contributed by atoms with Gasteiger partial charge >= 0.3 is 0 Å². The van der Waals surface area contributed by atoms with E-state index in [0.717, 1.165) is 18.4 Å². The Morgan fingerprint density at radius 1 is 1.11 bits per heavy atom. The number of carbonyl (C=O) groups excluding carboxylic acids is 1. The standard InChI is InChI=1S/C19H23N3O3S.ClH/c20-12-18(15-9-10-15)22-19(23)16-7-4-8-17(11-16)26(24,25)21-13-14-5-2-1-3-6-14;/h1-8,11,15,18,21H,9-10,12-13,20H2,(H,22,23);1H. The SMILES string of the molecule is Cl.NCC(NC(=O)c1cccc(S(=O)(=O)NCc2ccccc2)c1)C1CC1. The average molecular weight is 410 g/mol. The Bertz CT molecular complexity index is 871. The van der Waals surface area contributed by atoms with Gasteiger partial charge in [-0.15, -0.1) is 12.4 Å². The second kappa shape index (κ2) is 9.32. The molecule has 1 fully saturated rings. The van der Waals surface area contributed by atoms with E-state index in [1.807, 2.05) is 30.3 Å². The van der Waals surface area contributed by atoms with E-state index < -0.39 is 10.0 Å². The third-order valence-electron chi connectivity index (χ3n) is 4.48. The molecular formula is C19H24ClN3O3S. The first-order chi connectivity index (χ1) is 12.5. The first-order valence-electron chi connectivity index (χ1n) is 8.64. The fourth-order valence-electron chi connectivity index (χ4n) is 2.78. The maximum Gasteiger partial charge on any atom is 0.251 e. The summed E-state index contributed by atoms with van der Waals surface area (Å²) in [4.78, 5) is 12.5. The van der Waals surface area contributed by atoms with Crippen molar-refractivity contribution in [3.05, 3.63) is 65.7 Å². The van der Waals surface area contributed by atoms with Gasteiger partial charge in [-0.3, -0.25) is 4.79 Å². The molecule has 1 unspecified atom stereocenters. The number of halogens is 1. The molecule has 8 heteroatoms. The van der Waals surface area contributed by atoms with Crippen LogP contribution in [-0.4, -0.2) is 26.9 Å². The van der Waals surface area contributed by atoms with Crippen molar-refractivity contribution in [2.45, 2.75) is 30.3 Å². The molecule has 0 bridgehead atoms. The van der Waals surface area contributed by atoms with Crippen LogP contribution in [0.3, 0.4) is 0 Å². The lowest BCUT2D eigenvalue weighted by molar-refractivity contribution is 0.0933. The van der Waals surface area contributed by atoms with Gasteiger partial charge in [0.05, 0.1) is 4.90 Å². The Balaban J connectivity index is 0.00000261. The minimum atomic E-state index is -3.71. The normalized spacial score (nSPS) is 14.9. The van der Waals surface area contributed by atoms with Crippen LogP contribution in [-0.2, 0) is 16.6 Å². The Morgan fingerprint density at radius 2 is 1.81 bits per heavy atom. The number of rotatable bonds is 8. The summed E-state index contributed by atoms with van der Waals surface area (Å²) < 4.78 is 27.6. The Hall–Kier alpha value is -1.93. The highest BCUT2D eigenvalue weighted by Gasteiger charge is 2.31. The van der Waals surface area contributed by atoms with E-state index in [1.165, 1.54) is 12.1 Å². The Labute approximate surface area is 166 Å². The summed E-state index contributed by atoms with van der Waals surface area (Å²) in [5.41, 5.74) is 6.89. The summed E-state index contributed by atoms with van der Waals surface area (Å²) in [6, 6.07) is 15.2. The van der Waals surface area contributed by atoms with Crippen LogP contribution in [0.5, 0.6) is 0 Å². The predicted octanol–water partition coefficient (Wildman–Crippen LogP) is 2.05. The predicted molar refractivity (Wildman–Crippen MR) is 107 cm³/mol. The first-order valence-corrected chi connectivity index (χ1v) is 10.1. The molecule has 6 nitrogen and oxygen atoms in total. The van der Waals surface area contributed by atoms with Gasteiger partial charge < -0.3 is 11.1 Å². The number of nitrogens with two attached hydrogens (primary N) is 1. The van der Waals surface area contributed by atoms with Crippen LogP contribution in [0.4, 0.5) is 0 Å². The van der Waals surface area contributed by atoms with Gasteiger partial charge in [0.2, 0.25) is 10.0 Å². The van der Waals surface area contributed by atoms with Crippen molar-refractivity contribution in [1.29, 1.82) is 0 Å². The summed E-state index contributed by atoms with van der Waals surface area (Å²) in [5, 5.41) is 2.90. The largest absolute Gasteiger partial charge is 0.348 e. The van der Waals surface area contributed by atoms with E-state index in [-0.39, 0.29) is 35.8 Å². The van der Waals surface area contributed by atoms with Crippen molar-refractivity contribution in [1.82, 2.24) is 10.0 Å². The van der Waals surface area contributed by atoms with Crippen molar-refractivity contribution < 1.29 is 13.2 Å². The highest BCUT2D eigenvalue weighted by atomic mass is 35.5. The smallest absolute Gasteiger partial charge is 0.251 e. The lowest BCUT2D eigenvalue weighted by Crippen LogP contribution is -2.41. The van der Waals surface area contributed by atoms with Gasteiger partial charge in [-0.25, -0.2) is 13.1 Å². The second-order valence-corrected chi connectivity index (χ2v) is 8.26. The average Bonchev–Trinajstić information content (AvgIpc) is 3.50. The monoisotopic (exact) mass is 409 g/mol. The Kier molecular flexibility index (Phi) is 7.38. The number of amides is 1. The maximum atomic E-state index is 12.5. The fourth-order valence-corrected chi connectivity index (χ4v) is 3.84. The minimum absolute atomic E-state index is 0. The molecule has 0 aliphatic heterocycles. The Morgan fingerprint density at radius 3 is 2.44 bits per heavy atom. The van der Waals surface area contributed by atoms with Crippen LogP contribution < -0.4 is 15.8 Å². The van der Waals surface area contributed by atoms with E-state index in [9.17, 15) is 13.2 Å². The summed E-state index contributed by atoms with van der Waals surface area (Å²) in [5.74, 6) is 0.135. The summed E-state index contributed by atoms with van der Waals surface area (Å²) in [6.45, 7) is 0.573. The van der Waals surface area contributed by atoms with Crippen LogP contribution >= 0.6 is 12.4 Å². The van der Waals surface area contributed by atoms with Gasteiger partial charge in [-0.05, 0) is 42.5 Å². The van der Waals surface area contributed by atoms with Crippen molar-refractivity contribution in [2.24, 2.45) is 11.7 Å². The molecule has 0 spiro atoms. The van der Waals surface area contributed by atoms with E-state index in [4.69, 9.17) is 5.73 Å². The molecule has 27 heavy (non-hydrogen) atoms. The molecule has 1 aliphatic carbocycles. The van der Waals surface area contributed by atoms with Crippen molar-refractivity contribution in [3.8, 4) is 0 Å². The maximum absolute atomic E-state index is 12.5. The lowest BCUT2D eigenvalue weighted by Gasteiger charge is -2.16. The second-order valence-electron chi connectivity index (χ2n) is 6.49. The van der Waals surface area contributed by atoms with Crippen LogP contribution in [0, 0.1) is 5.92 Å². The van der Waals surface area contributed by atoms with E-state index in [1.54, 1.807) is 12.1 Å². The number of benzene rings is 2. The zero-order valence-corrected chi connectivity index (χ0v) is 16.4. The molecular weight excluding hydrogens is 386 g/mol. The first kappa shape index (κ1) is 21.4. The molecule has 0 radical (unpaired) electrons. The molecule has 2 aromatic carbocycles. The number of hydrogen-bond donors (Lipinski definition) is 3.